The minimum atomic E-state index is -0.543. The molecule has 0 atom stereocenters. The lowest BCUT2D eigenvalue weighted by molar-refractivity contribution is 0.202. The highest BCUT2D eigenvalue weighted by Crippen LogP contribution is 2.11. The van der Waals surface area contributed by atoms with Crippen LogP contribution in [0.2, 0.25) is 0 Å². The molecule has 3 nitrogen and oxygen atoms in total. The second-order valence-electron chi connectivity index (χ2n) is 2.51. The van der Waals surface area contributed by atoms with Gasteiger partial charge in [-0.1, -0.05) is 17.7 Å². The number of aryl methyl sites for hydroxylation is 1. The van der Waals surface area contributed by atoms with Crippen LogP contribution in [-0.2, 0) is 0 Å². The number of rotatable bonds is 2. The zero-order chi connectivity index (χ0) is 9.68. The molecule has 0 saturated carbocycles. The van der Waals surface area contributed by atoms with E-state index in [4.69, 9.17) is 16.3 Å². The third kappa shape index (κ3) is 3.34. The van der Waals surface area contributed by atoms with Crippen molar-refractivity contribution in [2.24, 2.45) is 0 Å². The molecule has 1 aromatic carbocycles. The van der Waals surface area contributed by atoms with E-state index in [1.165, 1.54) is 0 Å². The summed E-state index contributed by atoms with van der Waals surface area (Å²) in [6, 6.07) is 7.23. The van der Waals surface area contributed by atoms with E-state index >= 15 is 0 Å². The van der Waals surface area contributed by atoms with Crippen LogP contribution in [0.1, 0.15) is 5.56 Å². The molecule has 0 aliphatic carbocycles. The third-order valence-corrected chi connectivity index (χ3v) is 1.58. The molecule has 1 amide bonds. The Morgan fingerprint density at radius 1 is 1.46 bits per heavy atom. The normalized spacial score (nSPS) is 9.38. The van der Waals surface area contributed by atoms with Crippen LogP contribution in [0.4, 0.5) is 4.79 Å². The Kier molecular flexibility index (Phi) is 3.58. The number of ether oxygens (including phenoxy) is 1. The molecule has 4 heteroatoms. The van der Waals surface area contributed by atoms with Gasteiger partial charge in [-0.25, -0.2) is 4.79 Å². The number of amides is 1. The molecule has 0 aliphatic rings. The first-order chi connectivity index (χ1) is 6.22. The average Bonchev–Trinajstić information content (AvgIpc) is 2.09. The van der Waals surface area contributed by atoms with E-state index in [-0.39, 0.29) is 6.00 Å². The average molecular weight is 200 g/mol. The van der Waals surface area contributed by atoms with Crippen molar-refractivity contribution < 1.29 is 9.53 Å². The molecule has 1 N–H and O–H groups in total. The number of carbonyl (C=O) groups excluding carboxylic acids is 1. The summed E-state index contributed by atoms with van der Waals surface area (Å²) in [5.41, 5.74) is 1.12. The van der Waals surface area contributed by atoms with Gasteiger partial charge in [-0.05, 0) is 19.1 Å². The van der Waals surface area contributed by atoms with Crippen LogP contribution >= 0.6 is 11.6 Å². The molecule has 0 saturated heterocycles. The molecule has 13 heavy (non-hydrogen) atoms. The molecule has 1 rings (SSSR count). The van der Waals surface area contributed by atoms with Crippen LogP contribution < -0.4 is 10.1 Å². The molecule has 0 radical (unpaired) electrons. The second kappa shape index (κ2) is 4.72. The Bertz CT molecular complexity index is 284. The van der Waals surface area contributed by atoms with Crippen molar-refractivity contribution >= 4 is 17.7 Å². The first-order valence-corrected chi connectivity index (χ1v) is 4.34. The monoisotopic (exact) mass is 199 g/mol. The van der Waals surface area contributed by atoms with Crippen molar-refractivity contribution in [3.05, 3.63) is 29.8 Å². The van der Waals surface area contributed by atoms with Crippen LogP contribution in [0.3, 0.4) is 0 Å². The third-order valence-electron chi connectivity index (χ3n) is 1.44. The van der Waals surface area contributed by atoms with Crippen LogP contribution in [0, 0.1) is 6.92 Å². The van der Waals surface area contributed by atoms with Gasteiger partial charge in [0.1, 0.15) is 5.75 Å². The van der Waals surface area contributed by atoms with Crippen LogP contribution in [0.15, 0.2) is 24.3 Å². The van der Waals surface area contributed by atoms with E-state index in [2.05, 4.69) is 5.32 Å². The molecule has 1 aromatic rings. The number of alkyl halides is 1. The van der Waals surface area contributed by atoms with E-state index in [0.717, 1.165) is 5.56 Å². The minimum absolute atomic E-state index is 0.0463. The van der Waals surface area contributed by atoms with E-state index < -0.39 is 6.09 Å². The van der Waals surface area contributed by atoms with Gasteiger partial charge in [-0.3, -0.25) is 0 Å². The van der Waals surface area contributed by atoms with Gasteiger partial charge >= 0.3 is 6.09 Å². The van der Waals surface area contributed by atoms with Crippen molar-refractivity contribution in [3.8, 4) is 5.75 Å². The molecule has 0 unspecified atom stereocenters. The fourth-order valence-corrected chi connectivity index (χ4v) is 0.913. The van der Waals surface area contributed by atoms with Gasteiger partial charge in [-0.15, -0.1) is 11.6 Å². The van der Waals surface area contributed by atoms with Crippen molar-refractivity contribution in [1.29, 1.82) is 0 Å². The number of halogens is 1. The topological polar surface area (TPSA) is 38.3 Å². The number of benzene rings is 1. The SMILES string of the molecule is Cc1ccc(OC(=O)NCCl)cc1. The lowest BCUT2D eigenvalue weighted by atomic mass is 10.2. The standard InChI is InChI=1S/C9H10ClNO2/c1-7-2-4-8(5-3-7)13-9(12)11-6-10/h2-5H,6H2,1H3,(H,11,12). The van der Waals surface area contributed by atoms with Crippen LogP contribution in [-0.4, -0.2) is 12.1 Å². The Morgan fingerprint density at radius 2 is 2.08 bits per heavy atom. The molecule has 0 spiro atoms. The molecular weight excluding hydrogens is 190 g/mol. The Morgan fingerprint density at radius 3 is 2.62 bits per heavy atom. The molecule has 70 valence electrons. The number of hydrogen-bond donors (Lipinski definition) is 1. The number of carbonyl (C=O) groups is 1. The molecular formula is C9H10ClNO2. The summed E-state index contributed by atoms with van der Waals surface area (Å²) >= 11 is 5.28. The van der Waals surface area contributed by atoms with Crippen molar-refractivity contribution in [2.75, 3.05) is 6.00 Å². The Balaban J connectivity index is 2.54. The Labute approximate surface area is 81.7 Å². The van der Waals surface area contributed by atoms with Crippen LogP contribution in [0.5, 0.6) is 5.75 Å². The lowest BCUT2D eigenvalue weighted by Crippen LogP contribution is -2.25. The van der Waals surface area contributed by atoms with Crippen molar-refractivity contribution in [3.63, 3.8) is 0 Å². The van der Waals surface area contributed by atoms with Crippen LogP contribution in [0.25, 0.3) is 0 Å². The van der Waals surface area contributed by atoms with Gasteiger partial charge < -0.3 is 10.1 Å². The smallest absolute Gasteiger partial charge is 0.410 e. The van der Waals surface area contributed by atoms with Gasteiger partial charge in [0, 0.05) is 0 Å². The maximum atomic E-state index is 10.9. The van der Waals surface area contributed by atoms with Gasteiger partial charge in [-0.2, -0.15) is 0 Å². The van der Waals surface area contributed by atoms with Crippen molar-refractivity contribution in [1.82, 2.24) is 5.32 Å². The quantitative estimate of drug-likeness (QED) is 0.586. The zero-order valence-corrected chi connectivity index (χ0v) is 7.97. The highest BCUT2D eigenvalue weighted by Gasteiger charge is 2.00. The summed E-state index contributed by atoms with van der Waals surface area (Å²) in [5.74, 6) is 0.508. The first kappa shape index (κ1) is 9.86. The van der Waals surface area contributed by atoms with Gasteiger partial charge in [0.2, 0.25) is 0 Å². The predicted molar refractivity (Wildman–Crippen MR) is 51.1 cm³/mol. The predicted octanol–water partition coefficient (Wildman–Crippen LogP) is 2.28. The fraction of sp³-hybridized carbons (Fsp3) is 0.222. The van der Waals surface area contributed by atoms with Gasteiger partial charge in [0.05, 0.1) is 6.00 Å². The second-order valence-corrected chi connectivity index (χ2v) is 2.78. The van der Waals surface area contributed by atoms with E-state index in [1.807, 2.05) is 19.1 Å². The largest absolute Gasteiger partial charge is 0.413 e. The molecule has 0 aliphatic heterocycles. The fourth-order valence-electron chi connectivity index (χ4n) is 0.804. The van der Waals surface area contributed by atoms with Crippen molar-refractivity contribution in [2.45, 2.75) is 6.92 Å². The van der Waals surface area contributed by atoms with Gasteiger partial charge in [0.25, 0.3) is 0 Å². The summed E-state index contributed by atoms with van der Waals surface area (Å²) in [4.78, 5) is 10.9. The maximum Gasteiger partial charge on any atom is 0.413 e. The summed E-state index contributed by atoms with van der Waals surface area (Å²) in [6.07, 6.45) is -0.543. The van der Waals surface area contributed by atoms with E-state index in [9.17, 15) is 4.79 Å². The highest BCUT2D eigenvalue weighted by atomic mass is 35.5. The minimum Gasteiger partial charge on any atom is -0.410 e. The summed E-state index contributed by atoms with van der Waals surface area (Å²) < 4.78 is 4.88. The lowest BCUT2D eigenvalue weighted by Gasteiger charge is -2.03. The highest BCUT2D eigenvalue weighted by molar-refractivity contribution is 6.18. The van der Waals surface area contributed by atoms with E-state index in [0.29, 0.717) is 5.75 Å². The molecule has 0 heterocycles. The molecule has 0 bridgehead atoms. The van der Waals surface area contributed by atoms with Gasteiger partial charge in [0.15, 0.2) is 0 Å². The summed E-state index contributed by atoms with van der Waals surface area (Å²) in [5, 5.41) is 2.31. The Hall–Kier alpha value is -1.22. The molecule has 0 aromatic heterocycles. The number of nitrogens with one attached hydrogen (secondary N) is 1. The molecule has 0 fully saturated rings. The summed E-state index contributed by atoms with van der Waals surface area (Å²) in [6.45, 7) is 1.96. The van der Waals surface area contributed by atoms with E-state index in [1.54, 1.807) is 12.1 Å². The maximum absolute atomic E-state index is 10.9. The zero-order valence-electron chi connectivity index (χ0n) is 7.21. The number of hydrogen-bond acceptors (Lipinski definition) is 2. The summed E-state index contributed by atoms with van der Waals surface area (Å²) in [7, 11) is 0. The first-order valence-electron chi connectivity index (χ1n) is 3.80.